The lowest BCUT2D eigenvalue weighted by Gasteiger charge is -2.20. The molecule has 2 heterocycles. The number of imidazole rings is 1. The van der Waals surface area contributed by atoms with Gasteiger partial charge in [-0.3, -0.25) is 4.79 Å². The maximum absolute atomic E-state index is 12.2. The van der Waals surface area contributed by atoms with Gasteiger partial charge in [-0.1, -0.05) is 0 Å². The molecule has 6 heteroatoms. The molecule has 2 N–H and O–H groups in total. The van der Waals surface area contributed by atoms with Gasteiger partial charge in [-0.2, -0.15) is 4.37 Å². The minimum Gasteiger partial charge on any atom is -0.346 e. The second-order valence-electron chi connectivity index (χ2n) is 5.01. The molecule has 0 aromatic carbocycles. The lowest BCUT2D eigenvalue weighted by Crippen LogP contribution is -2.27. The van der Waals surface area contributed by atoms with Crippen LogP contribution in [0.5, 0.6) is 0 Å². The molecular weight excluding hydrogens is 260 g/mol. The van der Waals surface area contributed by atoms with Crippen molar-refractivity contribution in [1.29, 1.82) is 0 Å². The van der Waals surface area contributed by atoms with Crippen LogP contribution in [-0.2, 0) is 17.6 Å². The Labute approximate surface area is 115 Å². The van der Waals surface area contributed by atoms with E-state index in [-0.39, 0.29) is 11.8 Å². The van der Waals surface area contributed by atoms with Crippen LogP contribution in [0, 0.1) is 19.8 Å². The van der Waals surface area contributed by atoms with Crippen LogP contribution in [0.2, 0.25) is 0 Å². The molecule has 3 rings (SSSR count). The highest BCUT2D eigenvalue weighted by Crippen LogP contribution is 2.25. The van der Waals surface area contributed by atoms with Gasteiger partial charge in [-0.15, -0.1) is 0 Å². The van der Waals surface area contributed by atoms with E-state index < -0.39 is 0 Å². The highest BCUT2D eigenvalue weighted by molar-refractivity contribution is 7.10. The summed E-state index contributed by atoms with van der Waals surface area (Å²) in [5.74, 6) is 1.04. The van der Waals surface area contributed by atoms with Crippen molar-refractivity contribution in [3.8, 4) is 0 Å². The molecule has 1 aliphatic rings. The molecule has 0 saturated carbocycles. The molecule has 0 fully saturated rings. The van der Waals surface area contributed by atoms with Crippen molar-refractivity contribution < 1.29 is 4.79 Å². The highest BCUT2D eigenvalue weighted by Gasteiger charge is 2.27. The van der Waals surface area contributed by atoms with Crippen LogP contribution in [-0.4, -0.2) is 20.2 Å². The lowest BCUT2D eigenvalue weighted by atomic mass is 9.89. The first-order chi connectivity index (χ1) is 9.11. The SMILES string of the molecule is Cc1cc(NC(=O)C2CCc3nc(C)[nH]c3C2)sn1. The number of aromatic nitrogens is 3. The highest BCUT2D eigenvalue weighted by atomic mass is 32.1. The number of hydrogen-bond donors (Lipinski definition) is 2. The molecule has 1 unspecified atom stereocenters. The predicted octanol–water partition coefficient (Wildman–Crippen LogP) is 2.23. The Hall–Kier alpha value is -1.69. The number of carbonyl (C=O) groups excluding carboxylic acids is 1. The number of rotatable bonds is 2. The number of carbonyl (C=O) groups is 1. The molecule has 0 saturated heterocycles. The summed E-state index contributed by atoms with van der Waals surface area (Å²) in [6.07, 6.45) is 2.49. The third kappa shape index (κ3) is 2.53. The Morgan fingerprint density at radius 1 is 1.53 bits per heavy atom. The maximum atomic E-state index is 12.2. The fourth-order valence-corrected chi connectivity index (χ4v) is 3.16. The average molecular weight is 276 g/mol. The first-order valence-electron chi connectivity index (χ1n) is 6.40. The van der Waals surface area contributed by atoms with Gasteiger partial charge >= 0.3 is 0 Å². The Bertz CT molecular complexity index is 616. The number of aryl methyl sites for hydroxylation is 3. The Morgan fingerprint density at radius 3 is 3.11 bits per heavy atom. The second-order valence-corrected chi connectivity index (χ2v) is 5.81. The maximum Gasteiger partial charge on any atom is 0.228 e. The summed E-state index contributed by atoms with van der Waals surface area (Å²) >= 11 is 1.33. The number of hydrogen-bond acceptors (Lipinski definition) is 4. The number of aromatic amines is 1. The van der Waals surface area contributed by atoms with Crippen LogP contribution < -0.4 is 5.32 Å². The molecule has 2 aromatic heterocycles. The smallest absolute Gasteiger partial charge is 0.228 e. The van der Waals surface area contributed by atoms with Crippen molar-refractivity contribution in [2.24, 2.45) is 5.92 Å². The molecule has 19 heavy (non-hydrogen) atoms. The minimum atomic E-state index is 0.0229. The van der Waals surface area contributed by atoms with Crippen molar-refractivity contribution in [1.82, 2.24) is 14.3 Å². The van der Waals surface area contributed by atoms with E-state index in [4.69, 9.17) is 0 Å². The Balaban J connectivity index is 1.69. The van der Waals surface area contributed by atoms with E-state index in [2.05, 4.69) is 19.7 Å². The third-order valence-corrected chi connectivity index (χ3v) is 4.20. The molecule has 1 aliphatic carbocycles. The van der Waals surface area contributed by atoms with Gasteiger partial charge in [0.05, 0.1) is 11.4 Å². The fourth-order valence-electron chi connectivity index (χ4n) is 2.49. The van der Waals surface area contributed by atoms with Crippen LogP contribution >= 0.6 is 11.5 Å². The van der Waals surface area contributed by atoms with Gasteiger partial charge in [-0.25, -0.2) is 4.98 Å². The molecule has 0 aliphatic heterocycles. The van der Waals surface area contributed by atoms with E-state index in [1.807, 2.05) is 19.9 Å². The van der Waals surface area contributed by atoms with Crippen LogP contribution in [0.3, 0.4) is 0 Å². The average Bonchev–Trinajstić information content (AvgIpc) is 2.93. The van der Waals surface area contributed by atoms with Gasteiger partial charge in [0.15, 0.2) is 0 Å². The molecular formula is C13H16N4OS. The normalized spacial score (nSPS) is 18.1. The first kappa shape index (κ1) is 12.3. The van der Waals surface area contributed by atoms with Crippen molar-refractivity contribution >= 4 is 22.4 Å². The molecule has 100 valence electrons. The summed E-state index contributed by atoms with van der Waals surface area (Å²) in [6, 6.07) is 1.90. The third-order valence-electron chi connectivity index (χ3n) is 3.41. The second kappa shape index (κ2) is 4.77. The quantitative estimate of drug-likeness (QED) is 0.883. The van der Waals surface area contributed by atoms with E-state index in [0.29, 0.717) is 0 Å². The largest absolute Gasteiger partial charge is 0.346 e. The monoisotopic (exact) mass is 276 g/mol. The zero-order valence-electron chi connectivity index (χ0n) is 11.0. The van der Waals surface area contributed by atoms with Crippen LogP contribution in [0.15, 0.2) is 6.07 Å². The summed E-state index contributed by atoms with van der Waals surface area (Å²) in [6.45, 7) is 3.87. The Morgan fingerprint density at radius 2 is 2.37 bits per heavy atom. The van der Waals surface area contributed by atoms with E-state index in [9.17, 15) is 4.79 Å². The minimum absolute atomic E-state index is 0.0229. The summed E-state index contributed by atoms with van der Waals surface area (Å²) < 4.78 is 4.16. The summed E-state index contributed by atoms with van der Waals surface area (Å²) in [4.78, 5) is 19.9. The van der Waals surface area contributed by atoms with E-state index in [1.54, 1.807) is 0 Å². The van der Waals surface area contributed by atoms with Crippen molar-refractivity contribution in [3.05, 3.63) is 29.0 Å². The van der Waals surface area contributed by atoms with Gasteiger partial charge in [0, 0.05) is 18.0 Å². The van der Waals surface area contributed by atoms with Gasteiger partial charge in [0.2, 0.25) is 5.91 Å². The number of amides is 1. The molecule has 0 radical (unpaired) electrons. The zero-order valence-corrected chi connectivity index (χ0v) is 11.8. The molecule has 1 amide bonds. The van der Waals surface area contributed by atoms with Gasteiger partial charge < -0.3 is 10.3 Å². The molecule has 5 nitrogen and oxygen atoms in total. The van der Waals surface area contributed by atoms with E-state index >= 15 is 0 Å². The Kier molecular flexibility index (Phi) is 3.10. The standard InChI is InChI=1S/C13H16N4OS/c1-7-5-12(19-17-7)16-13(18)9-3-4-10-11(6-9)15-8(2)14-10/h5,9H,3-4,6H2,1-2H3,(H,14,15)(H,16,18). The summed E-state index contributed by atoms with van der Waals surface area (Å²) in [5.41, 5.74) is 3.18. The number of anilines is 1. The van der Waals surface area contributed by atoms with Gasteiger partial charge in [0.1, 0.15) is 10.8 Å². The molecule has 0 spiro atoms. The zero-order chi connectivity index (χ0) is 13.4. The first-order valence-corrected chi connectivity index (χ1v) is 7.17. The van der Waals surface area contributed by atoms with Gasteiger partial charge in [0.25, 0.3) is 0 Å². The number of nitrogens with one attached hydrogen (secondary N) is 2. The van der Waals surface area contributed by atoms with Crippen molar-refractivity contribution in [2.45, 2.75) is 33.1 Å². The van der Waals surface area contributed by atoms with Crippen LogP contribution in [0.4, 0.5) is 5.00 Å². The number of H-pyrrole nitrogens is 1. The predicted molar refractivity (Wildman–Crippen MR) is 74.3 cm³/mol. The molecule has 1 atom stereocenters. The number of nitrogens with zero attached hydrogens (tertiary/aromatic N) is 2. The summed E-state index contributed by atoms with van der Waals surface area (Å²) in [7, 11) is 0. The van der Waals surface area contributed by atoms with Crippen LogP contribution in [0.25, 0.3) is 0 Å². The summed E-state index contributed by atoms with van der Waals surface area (Å²) in [5, 5.41) is 3.78. The van der Waals surface area contributed by atoms with Crippen molar-refractivity contribution in [2.75, 3.05) is 5.32 Å². The van der Waals surface area contributed by atoms with Crippen LogP contribution in [0.1, 0.15) is 29.3 Å². The van der Waals surface area contributed by atoms with Crippen molar-refractivity contribution in [3.63, 3.8) is 0 Å². The lowest BCUT2D eigenvalue weighted by molar-refractivity contribution is -0.120. The fraction of sp³-hybridized carbons (Fsp3) is 0.462. The molecule has 0 bridgehead atoms. The van der Waals surface area contributed by atoms with Gasteiger partial charge in [-0.05, 0) is 44.3 Å². The molecule has 2 aromatic rings. The number of fused-ring (bicyclic) bond motifs is 1. The van der Waals surface area contributed by atoms with E-state index in [0.717, 1.165) is 47.2 Å². The topological polar surface area (TPSA) is 70.7 Å². The van der Waals surface area contributed by atoms with E-state index in [1.165, 1.54) is 11.5 Å².